The maximum absolute atomic E-state index is 12.8. The molecule has 2 heterocycles. The molecule has 1 aliphatic heterocycles. The summed E-state index contributed by atoms with van der Waals surface area (Å²) in [6.07, 6.45) is 0. The van der Waals surface area contributed by atoms with Crippen molar-refractivity contribution in [1.82, 2.24) is 4.98 Å². The number of rotatable bonds is 2. The molecule has 6 heteroatoms. The Bertz CT molecular complexity index is 1050. The molecule has 1 aromatic heterocycles. The molecule has 0 aliphatic carbocycles. The molecule has 4 rings (SSSR count). The number of aromatic amines is 1. The van der Waals surface area contributed by atoms with Crippen LogP contribution in [-0.2, 0) is 0 Å². The fourth-order valence-electron chi connectivity index (χ4n) is 2.95. The van der Waals surface area contributed by atoms with Gasteiger partial charge in [-0.1, -0.05) is 18.2 Å². The molecular weight excluding hydrogens is 308 g/mol. The molecule has 0 fully saturated rings. The first-order chi connectivity index (χ1) is 11.6. The number of carbonyl (C=O) groups excluding carboxylic acids is 2. The van der Waals surface area contributed by atoms with Gasteiger partial charge in [0.05, 0.1) is 18.4 Å². The van der Waals surface area contributed by atoms with Gasteiger partial charge in [-0.3, -0.25) is 14.4 Å². The predicted octanol–water partition coefficient (Wildman–Crippen LogP) is 2.34. The zero-order valence-corrected chi connectivity index (χ0v) is 12.7. The van der Waals surface area contributed by atoms with Crippen LogP contribution in [0.5, 0.6) is 5.75 Å². The average molecular weight is 320 g/mol. The minimum Gasteiger partial charge on any atom is -0.497 e. The van der Waals surface area contributed by atoms with Crippen LogP contribution < -0.4 is 15.2 Å². The third-order valence-corrected chi connectivity index (χ3v) is 4.09. The van der Waals surface area contributed by atoms with Crippen LogP contribution >= 0.6 is 0 Å². The Morgan fingerprint density at radius 2 is 1.54 bits per heavy atom. The summed E-state index contributed by atoms with van der Waals surface area (Å²) in [5, 5.41) is 0.557. The second-order valence-corrected chi connectivity index (χ2v) is 5.39. The highest BCUT2D eigenvalue weighted by atomic mass is 16.5. The third-order valence-electron chi connectivity index (χ3n) is 4.09. The van der Waals surface area contributed by atoms with E-state index in [0.29, 0.717) is 22.3 Å². The number of aromatic nitrogens is 1. The number of methoxy groups -OCH3 is 1. The number of fused-ring (bicyclic) bond motifs is 3. The highest BCUT2D eigenvalue weighted by Gasteiger charge is 2.40. The third kappa shape index (κ3) is 1.86. The number of hydrogen-bond acceptors (Lipinski definition) is 4. The minimum atomic E-state index is -0.618. The lowest BCUT2D eigenvalue weighted by atomic mass is 10.1. The van der Waals surface area contributed by atoms with Gasteiger partial charge in [0.15, 0.2) is 0 Å². The topological polar surface area (TPSA) is 79.5 Å². The van der Waals surface area contributed by atoms with Crippen molar-refractivity contribution >= 4 is 28.4 Å². The van der Waals surface area contributed by atoms with E-state index in [1.165, 1.54) is 7.11 Å². The average Bonchev–Trinajstić information content (AvgIpc) is 2.87. The normalized spacial score (nSPS) is 13.5. The van der Waals surface area contributed by atoms with E-state index in [0.717, 1.165) is 4.90 Å². The molecule has 0 spiro atoms. The largest absolute Gasteiger partial charge is 0.497 e. The Labute approximate surface area is 136 Å². The summed E-state index contributed by atoms with van der Waals surface area (Å²) in [5.41, 5.74) is 0.396. The number of anilines is 1. The number of H-pyrrole nitrogens is 1. The molecule has 1 aliphatic rings. The van der Waals surface area contributed by atoms with E-state index >= 15 is 0 Å². The summed E-state index contributed by atoms with van der Waals surface area (Å²) in [7, 11) is 1.53. The second-order valence-electron chi connectivity index (χ2n) is 5.39. The number of nitrogens with one attached hydrogen (secondary N) is 1. The SMILES string of the molecule is COc1ccc(N2C(=O)c3c(c4ccccc4[nH]c3=O)C2=O)cc1. The minimum absolute atomic E-state index is 0.116. The second kappa shape index (κ2) is 5.06. The summed E-state index contributed by atoms with van der Waals surface area (Å²) >= 11 is 0. The lowest BCUT2D eigenvalue weighted by Gasteiger charge is -2.14. The molecule has 0 radical (unpaired) electrons. The zero-order chi connectivity index (χ0) is 16.8. The summed E-state index contributed by atoms with van der Waals surface area (Å²) in [5.74, 6) is -0.506. The Hall–Kier alpha value is -3.41. The Morgan fingerprint density at radius 3 is 2.25 bits per heavy atom. The molecule has 0 atom stereocenters. The Morgan fingerprint density at radius 1 is 0.875 bits per heavy atom. The lowest BCUT2D eigenvalue weighted by Crippen LogP contribution is -2.30. The number of benzene rings is 2. The molecule has 3 aromatic rings. The molecule has 0 saturated heterocycles. The highest BCUT2D eigenvalue weighted by molar-refractivity contribution is 6.37. The van der Waals surface area contributed by atoms with Crippen LogP contribution in [0.2, 0.25) is 0 Å². The summed E-state index contributed by atoms with van der Waals surface area (Å²) in [4.78, 5) is 41.5. The molecule has 1 N–H and O–H groups in total. The van der Waals surface area contributed by atoms with Crippen molar-refractivity contribution < 1.29 is 14.3 Å². The first-order valence-electron chi connectivity index (χ1n) is 7.29. The number of nitrogens with zero attached hydrogens (tertiary/aromatic N) is 1. The molecule has 24 heavy (non-hydrogen) atoms. The molecule has 0 unspecified atom stereocenters. The van der Waals surface area contributed by atoms with Crippen molar-refractivity contribution in [3.63, 3.8) is 0 Å². The lowest BCUT2D eigenvalue weighted by molar-refractivity contribution is 0.0926. The van der Waals surface area contributed by atoms with E-state index in [2.05, 4.69) is 4.98 Å². The van der Waals surface area contributed by atoms with Gasteiger partial charge in [0.2, 0.25) is 0 Å². The van der Waals surface area contributed by atoms with Crippen molar-refractivity contribution in [3.8, 4) is 5.75 Å². The highest BCUT2D eigenvalue weighted by Crippen LogP contribution is 2.31. The predicted molar refractivity (Wildman–Crippen MR) is 88.7 cm³/mol. The van der Waals surface area contributed by atoms with E-state index in [1.54, 1.807) is 48.5 Å². The van der Waals surface area contributed by atoms with Crippen LogP contribution in [0.1, 0.15) is 20.7 Å². The van der Waals surface area contributed by atoms with Crippen molar-refractivity contribution in [2.75, 3.05) is 12.0 Å². The van der Waals surface area contributed by atoms with E-state index in [-0.39, 0.29) is 11.1 Å². The van der Waals surface area contributed by atoms with Crippen LogP contribution in [-0.4, -0.2) is 23.9 Å². The number of amides is 2. The van der Waals surface area contributed by atoms with Crippen LogP contribution in [0.4, 0.5) is 5.69 Å². The van der Waals surface area contributed by atoms with Crippen LogP contribution in [0.25, 0.3) is 10.9 Å². The first kappa shape index (κ1) is 14.2. The maximum Gasteiger partial charge on any atom is 0.271 e. The number of imide groups is 1. The van der Waals surface area contributed by atoms with Crippen molar-refractivity contribution in [3.05, 3.63) is 70.0 Å². The van der Waals surface area contributed by atoms with E-state index in [4.69, 9.17) is 4.74 Å². The number of pyridine rings is 1. The maximum atomic E-state index is 12.8. The molecule has 2 aromatic carbocycles. The van der Waals surface area contributed by atoms with Gasteiger partial charge in [-0.2, -0.15) is 0 Å². The number of carbonyl (C=O) groups is 2. The quantitative estimate of drug-likeness (QED) is 0.735. The van der Waals surface area contributed by atoms with Crippen LogP contribution in [0, 0.1) is 0 Å². The summed E-state index contributed by atoms with van der Waals surface area (Å²) in [6.45, 7) is 0. The number of para-hydroxylation sites is 1. The molecule has 2 amide bonds. The van der Waals surface area contributed by atoms with Crippen molar-refractivity contribution in [2.24, 2.45) is 0 Å². The van der Waals surface area contributed by atoms with Gasteiger partial charge in [0, 0.05) is 10.9 Å². The van der Waals surface area contributed by atoms with Gasteiger partial charge < -0.3 is 9.72 Å². The fourth-order valence-corrected chi connectivity index (χ4v) is 2.95. The Kier molecular flexibility index (Phi) is 2.99. The Balaban J connectivity index is 1.93. The summed E-state index contributed by atoms with van der Waals surface area (Å²) < 4.78 is 5.08. The van der Waals surface area contributed by atoms with Crippen molar-refractivity contribution in [2.45, 2.75) is 0 Å². The molecule has 0 bridgehead atoms. The first-order valence-corrected chi connectivity index (χ1v) is 7.29. The van der Waals surface area contributed by atoms with Crippen LogP contribution in [0.3, 0.4) is 0 Å². The molecule has 6 nitrogen and oxygen atoms in total. The van der Waals surface area contributed by atoms with E-state index in [9.17, 15) is 14.4 Å². The number of ether oxygens (including phenoxy) is 1. The van der Waals surface area contributed by atoms with Gasteiger partial charge in [-0.25, -0.2) is 4.90 Å². The van der Waals surface area contributed by atoms with Crippen LogP contribution in [0.15, 0.2) is 53.3 Å². The summed E-state index contributed by atoms with van der Waals surface area (Å²) in [6, 6.07) is 13.5. The van der Waals surface area contributed by atoms with Gasteiger partial charge in [0.25, 0.3) is 17.4 Å². The van der Waals surface area contributed by atoms with Crippen molar-refractivity contribution in [1.29, 1.82) is 0 Å². The molecule has 0 saturated carbocycles. The van der Waals surface area contributed by atoms with Gasteiger partial charge in [0.1, 0.15) is 11.3 Å². The van der Waals surface area contributed by atoms with Gasteiger partial charge in [-0.15, -0.1) is 0 Å². The molecular formula is C18H12N2O4. The standard InChI is InChI=1S/C18H12N2O4/c1-24-11-8-6-10(7-9-11)20-17(22)14-12-4-2-3-5-13(12)19-16(21)15(14)18(20)23/h2-9H,1H3,(H,19,21). The van der Waals surface area contributed by atoms with E-state index in [1.807, 2.05) is 0 Å². The molecule has 118 valence electrons. The van der Waals surface area contributed by atoms with Gasteiger partial charge >= 0.3 is 0 Å². The number of hydrogen-bond donors (Lipinski definition) is 1. The zero-order valence-electron chi connectivity index (χ0n) is 12.7. The fraction of sp³-hybridized carbons (Fsp3) is 0.0556. The monoisotopic (exact) mass is 320 g/mol. The smallest absolute Gasteiger partial charge is 0.271 e. The van der Waals surface area contributed by atoms with Gasteiger partial charge in [-0.05, 0) is 30.3 Å². The van der Waals surface area contributed by atoms with E-state index < -0.39 is 17.4 Å².